The summed E-state index contributed by atoms with van der Waals surface area (Å²) in [5.74, 6) is 0. The SMILES string of the molecule is NC1SC=C(c2cnc3sccn23)N1c1cccc(C(F)(F)F)c1. The molecule has 0 saturated carbocycles. The summed E-state index contributed by atoms with van der Waals surface area (Å²) >= 11 is 2.84. The van der Waals surface area contributed by atoms with E-state index in [1.807, 2.05) is 21.4 Å². The minimum atomic E-state index is -4.39. The molecule has 0 aliphatic carbocycles. The van der Waals surface area contributed by atoms with Gasteiger partial charge in [0.15, 0.2) is 4.96 Å². The van der Waals surface area contributed by atoms with Crippen molar-refractivity contribution in [1.82, 2.24) is 9.38 Å². The Hall–Kier alpha value is -1.97. The van der Waals surface area contributed by atoms with Crippen LogP contribution in [0, 0.1) is 0 Å². The highest BCUT2D eigenvalue weighted by atomic mass is 32.2. The summed E-state index contributed by atoms with van der Waals surface area (Å²) in [5.41, 5.74) is 6.86. The molecule has 0 spiro atoms. The molecule has 0 saturated heterocycles. The lowest BCUT2D eigenvalue weighted by Crippen LogP contribution is -2.35. The number of aromatic nitrogens is 2. The first-order chi connectivity index (χ1) is 11.4. The maximum atomic E-state index is 13.0. The molecule has 0 fully saturated rings. The molecule has 1 atom stereocenters. The first-order valence-electron chi connectivity index (χ1n) is 6.94. The van der Waals surface area contributed by atoms with Crippen molar-refractivity contribution in [2.75, 3.05) is 4.90 Å². The van der Waals surface area contributed by atoms with Gasteiger partial charge in [-0.1, -0.05) is 17.8 Å². The molecular formula is C15H11F3N4S2. The van der Waals surface area contributed by atoms with E-state index in [1.54, 1.807) is 17.2 Å². The summed E-state index contributed by atoms with van der Waals surface area (Å²) in [6, 6.07) is 5.19. The number of halogens is 3. The monoisotopic (exact) mass is 368 g/mol. The molecule has 1 aromatic carbocycles. The Balaban J connectivity index is 1.79. The molecule has 24 heavy (non-hydrogen) atoms. The summed E-state index contributed by atoms with van der Waals surface area (Å²) in [5, 5.41) is 3.76. The number of nitrogens with two attached hydrogens (primary N) is 1. The van der Waals surface area contributed by atoms with E-state index in [0.717, 1.165) is 28.5 Å². The molecule has 2 aromatic heterocycles. The number of anilines is 1. The third-order valence-electron chi connectivity index (χ3n) is 3.69. The summed E-state index contributed by atoms with van der Waals surface area (Å²) < 4.78 is 40.9. The van der Waals surface area contributed by atoms with Crippen LogP contribution in [-0.2, 0) is 6.18 Å². The normalized spacial score (nSPS) is 18.4. The van der Waals surface area contributed by atoms with E-state index in [9.17, 15) is 13.2 Å². The molecule has 2 N–H and O–H groups in total. The lowest BCUT2D eigenvalue weighted by Gasteiger charge is -2.26. The molecule has 9 heteroatoms. The highest BCUT2D eigenvalue weighted by Gasteiger charge is 2.33. The molecule has 1 aliphatic heterocycles. The van der Waals surface area contributed by atoms with Crippen LogP contribution in [0.15, 0.2) is 47.4 Å². The first-order valence-corrected chi connectivity index (χ1v) is 8.76. The van der Waals surface area contributed by atoms with Crippen molar-refractivity contribution in [3.05, 3.63) is 58.7 Å². The van der Waals surface area contributed by atoms with E-state index < -0.39 is 17.2 Å². The highest BCUT2D eigenvalue weighted by Crippen LogP contribution is 2.40. The summed E-state index contributed by atoms with van der Waals surface area (Å²) in [4.78, 5) is 6.83. The van der Waals surface area contributed by atoms with Crippen LogP contribution in [0.5, 0.6) is 0 Å². The van der Waals surface area contributed by atoms with Crippen LogP contribution in [-0.4, -0.2) is 14.9 Å². The molecule has 4 nitrogen and oxygen atoms in total. The van der Waals surface area contributed by atoms with Gasteiger partial charge in [-0.05, 0) is 18.2 Å². The van der Waals surface area contributed by atoms with E-state index in [1.165, 1.54) is 29.2 Å². The molecule has 1 unspecified atom stereocenters. The molecule has 124 valence electrons. The van der Waals surface area contributed by atoms with E-state index in [-0.39, 0.29) is 0 Å². The summed E-state index contributed by atoms with van der Waals surface area (Å²) in [6.45, 7) is 0. The van der Waals surface area contributed by atoms with Crippen LogP contribution in [0.25, 0.3) is 10.7 Å². The summed E-state index contributed by atoms with van der Waals surface area (Å²) in [7, 11) is 0. The molecule has 0 bridgehead atoms. The Morgan fingerprint density at radius 3 is 2.88 bits per heavy atom. The lowest BCUT2D eigenvalue weighted by molar-refractivity contribution is -0.137. The summed E-state index contributed by atoms with van der Waals surface area (Å²) in [6.07, 6.45) is -0.813. The minimum Gasteiger partial charge on any atom is -0.314 e. The third-order valence-corrected chi connectivity index (χ3v) is 5.31. The Kier molecular flexibility index (Phi) is 3.59. The molecule has 3 aromatic rings. The quantitative estimate of drug-likeness (QED) is 0.736. The van der Waals surface area contributed by atoms with Gasteiger partial charge in [0, 0.05) is 22.7 Å². The van der Waals surface area contributed by atoms with Crippen LogP contribution in [0.1, 0.15) is 11.3 Å². The fourth-order valence-corrected chi connectivity index (χ4v) is 4.16. The van der Waals surface area contributed by atoms with Crippen molar-refractivity contribution in [2.24, 2.45) is 5.73 Å². The first kappa shape index (κ1) is 15.6. The Bertz CT molecular complexity index is 928. The molecular weight excluding hydrogens is 357 g/mol. The Morgan fingerprint density at radius 2 is 2.08 bits per heavy atom. The second-order valence-electron chi connectivity index (χ2n) is 5.15. The largest absolute Gasteiger partial charge is 0.416 e. The van der Waals surface area contributed by atoms with Crippen molar-refractivity contribution < 1.29 is 13.2 Å². The Labute approximate surface area is 143 Å². The third kappa shape index (κ3) is 2.48. The van der Waals surface area contributed by atoms with Gasteiger partial charge in [-0.3, -0.25) is 4.40 Å². The van der Waals surface area contributed by atoms with Gasteiger partial charge in [0.05, 0.1) is 23.2 Å². The van der Waals surface area contributed by atoms with Gasteiger partial charge in [-0.15, -0.1) is 11.3 Å². The molecule has 4 rings (SSSR count). The van der Waals surface area contributed by atoms with Gasteiger partial charge in [-0.25, -0.2) is 4.98 Å². The molecule has 0 amide bonds. The molecule has 0 radical (unpaired) electrons. The maximum absolute atomic E-state index is 13.0. The van der Waals surface area contributed by atoms with E-state index in [2.05, 4.69) is 4.98 Å². The predicted molar refractivity (Wildman–Crippen MR) is 90.5 cm³/mol. The Morgan fingerprint density at radius 1 is 1.25 bits per heavy atom. The lowest BCUT2D eigenvalue weighted by atomic mass is 10.1. The zero-order valence-electron chi connectivity index (χ0n) is 12.1. The average Bonchev–Trinajstić information content (AvgIpc) is 3.21. The highest BCUT2D eigenvalue weighted by molar-refractivity contribution is 8.03. The number of thiazole rings is 1. The smallest absolute Gasteiger partial charge is 0.314 e. The number of fused-ring (bicyclic) bond motifs is 1. The van der Waals surface area contributed by atoms with Gasteiger partial charge in [0.25, 0.3) is 0 Å². The van der Waals surface area contributed by atoms with Crippen molar-refractivity contribution in [1.29, 1.82) is 0 Å². The number of imidazole rings is 1. The van der Waals surface area contributed by atoms with Crippen LogP contribution >= 0.6 is 23.1 Å². The topological polar surface area (TPSA) is 46.6 Å². The van der Waals surface area contributed by atoms with Gasteiger partial charge in [0.2, 0.25) is 0 Å². The number of hydrogen-bond acceptors (Lipinski definition) is 5. The van der Waals surface area contributed by atoms with Crippen molar-refractivity contribution in [3.63, 3.8) is 0 Å². The van der Waals surface area contributed by atoms with Crippen LogP contribution in [0.3, 0.4) is 0 Å². The van der Waals surface area contributed by atoms with E-state index in [4.69, 9.17) is 5.73 Å². The maximum Gasteiger partial charge on any atom is 0.416 e. The van der Waals surface area contributed by atoms with Crippen molar-refractivity contribution >= 4 is 39.4 Å². The number of alkyl halides is 3. The van der Waals surface area contributed by atoms with Crippen LogP contribution < -0.4 is 10.6 Å². The van der Waals surface area contributed by atoms with Crippen molar-refractivity contribution in [2.45, 2.75) is 11.7 Å². The minimum absolute atomic E-state index is 0.402. The van der Waals surface area contributed by atoms with Gasteiger partial charge in [-0.2, -0.15) is 13.2 Å². The second-order valence-corrected chi connectivity index (χ2v) is 7.01. The number of rotatable bonds is 2. The number of nitrogens with zero attached hydrogens (tertiary/aromatic N) is 3. The van der Waals surface area contributed by atoms with Crippen molar-refractivity contribution in [3.8, 4) is 0 Å². The standard InChI is InChI=1S/C15H11F3N4S2/c16-15(17,18)9-2-1-3-10(6-9)22-12(8-24-13(22)19)11-7-20-14-21(11)4-5-23-14/h1-8,13H,19H2. The zero-order valence-corrected chi connectivity index (χ0v) is 13.7. The zero-order chi connectivity index (χ0) is 16.9. The fourth-order valence-electron chi connectivity index (χ4n) is 2.61. The fraction of sp³-hybridized carbons (Fsp3) is 0.133. The number of hydrogen-bond donors (Lipinski definition) is 1. The average molecular weight is 368 g/mol. The number of benzene rings is 1. The molecule has 3 heterocycles. The number of thioether (sulfide) groups is 1. The second kappa shape index (κ2) is 5.54. The van der Waals surface area contributed by atoms with E-state index in [0.29, 0.717) is 5.69 Å². The van der Waals surface area contributed by atoms with Crippen LogP contribution in [0.2, 0.25) is 0 Å². The van der Waals surface area contributed by atoms with Gasteiger partial charge in [0.1, 0.15) is 5.50 Å². The van der Waals surface area contributed by atoms with Gasteiger partial charge < -0.3 is 10.6 Å². The van der Waals surface area contributed by atoms with Crippen LogP contribution in [0.4, 0.5) is 18.9 Å². The van der Waals surface area contributed by atoms with E-state index >= 15 is 0 Å². The molecule has 1 aliphatic rings. The predicted octanol–water partition coefficient (Wildman–Crippen LogP) is 4.21. The van der Waals surface area contributed by atoms with Gasteiger partial charge >= 0.3 is 6.18 Å².